The number of nitrogens with two attached hydrogens (primary N) is 1. The Balaban J connectivity index is 2.28. The van der Waals surface area contributed by atoms with E-state index in [1.54, 1.807) is 32.2 Å². The molecule has 0 spiro atoms. The summed E-state index contributed by atoms with van der Waals surface area (Å²) in [6, 6.07) is 5.16. The second-order valence-electron chi connectivity index (χ2n) is 4.05. The van der Waals surface area contributed by atoms with E-state index in [1.165, 1.54) is 4.68 Å². The molecular formula is C12H12BrClN4O. The van der Waals surface area contributed by atoms with Crippen molar-refractivity contribution in [2.45, 2.75) is 6.92 Å². The van der Waals surface area contributed by atoms with Gasteiger partial charge in [-0.3, -0.25) is 9.48 Å². The molecule has 5 nitrogen and oxygen atoms in total. The first kappa shape index (κ1) is 13.9. The Bertz CT molecular complexity index is 653. The lowest BCUT2D eigenvalue weighted by atomic mass is 10.2. The third-order valence-corrected chi connectivity index (χ3v) is 3.89. The molecule has 0 saturated heterocycles. The highest BCUT2D eigenvalue weighted by molar-refractivity contribution is 9.10. The van der Waals surface area contributed by atoms with Crippen LogP contribution < -0.4 is 11.1 Å². The Morgan fingerprint density at radius 3 is 2.74 bits per heavy atom. The van der Waals surface area contributed by atoms with Crippen LogP contribution >= 0.6 is 27.5 Å². The van der Waals surface area contributed by atoms with Crippen molar-refractivity contribution >= 4 is 44.8 Å². The molecule has 0 aliphatic carbocycles. The van der Waals surface area contributed by atoms with Crippen molar-refractivity contribution < 1.29 is 4.79 Å². The number of anilines is 2. The summed E-state index contributed by atoms with van der Waals surface area (Å²) in [5.41, 5.74) is 7.76. The van der Waals surface area contributed by atoms with Gasteiger partial charge in [0.1, 0.15) is 5.69 Å². The summed E-state index contributed by atoms with van der Waals surface area (Å²) in [5, 5.41) is 7.36. The molecule has 0 aliphatic heterocycles. The fraction of sp³-hybridized carbons (Fsp3) is 0.167. The van der Waals surface area contributed by atoms with E-state index in [2.05, 4.69) is 26.3 Å². The number of nitrogen functional groups attached to an aromatic ring is 1. The molecule has 2 rings (SSSR count). The molecule has 0 fully saturated rings. The Labute approximate surface area is 123 Å². The van der Waals surface area contributed by atoms with Crippen LogP contribution in [-0.2, 0) is 7.05 Å². The molecule has 1 aromatic heterocycles. The molecule has 0 unspecified atom stereocenters. The van der Waals surface area contributed by atoms with Crippen molar-refractivity contribution in [3.05, 3.63) is 39.1 Å². The zero-order valence-electron chi connectivity index (χ0n) is 10.4. The van der Waals surface area contributed by atoms with E-state index >= 15 is 0 Å². The van der Waals surface area contributed by atoms with Crippen LogP contribution in [0.2, 0.25) is 5.02 Å². The predicted molar refractivity (Wildman–Crippen MR) is 79.5 cm³/mol. The van der Waals surface area contributed by atoms with Gasteiger partial charge in [0.25, 0.3) is 5.91 Å². The van der Waals surface area contributed by atoms with Gasteiger partial charge in [-0.2, -0.15) is 5.10 Å². The molecule has 0 bridgehead atoms. The highest BCUT2D eigenvalue weighted by Gasteiger charge is 2.18. The van der Waals surface area contributed by atoms with Crippen molar-refractivity contribution in [2.24, 2.45) is 7.05 Å². The Morgan fingerprint density at radius 2 is 2.21 bits per heavy atom. The van der Waals surface area contributed by atoms with Crippen molar-refractivity contribution in [3.8, 4) is 0 Å². The van der Waals surface area contributed by atoms with Crippen LogP contribution in [0.25, 0.3) is 0 Å². The number of aryl methyl sites for hydroxylation is 2. The quantitative estimate of drug-likeness (QED) is 0.880. The Kier molecular flexibility index (Phi) is 3.82. The second kappa shape index (κ2) is 5.22. The summed E-state index contributed by atoms with van der Waals surface area (Å²) in [4.78, 5) is 12.2. The topological polar surface area (TPSA) is 72.9 Å². The summed E-state index contributed by atoms with van der Waals surface area (Å²) in [6.45, 7) is 1.75. The van der Waals surface area contributed by atoms with Crippen LogP contribution in [0.5, 0.6) is 0 Å². The van der Waals surface area contributed by atoms with Crippen molar-refractivity contribution in [1.82, 2.24) is 9.78 Å². The maximum absolute atomic E-state index is 12.2. The van der Waals surface area contributed by atoms with Crippen LogP contribution in [-0.4, -0.2) is 15.7 Å². The molecule has 100 valence electrons. The van der Waals surface area contributed by atoms with E-state index in [-0.39, 0.29) is 5.91 Å². The molecule has 3 N–H and O–H groups in total. The molecule has 0 saturated carbocycles. The Morgan fingerprint density at radius 1 is 1.53 bits per heavy atom. The van der Waals surface area contributed by atoms with E-state index in [0.29, 0.717) is 27.8 Å². The molecule has 2 aromatic rings. The summed E-state index contributed by atoms with van der Waals surface area (Å²) in [6.07, 6.45) is 0. The lowest BCUT2D eigenvalue weighted by Gasteiger charge is -2.07. The molecule has 19 heavy (non-hydrogen) atoms. The number of hydrogen-bond donors (Lipinski definition) is 2. The number of halogens is 2. The van der Waals surface area contributed by atoms with Crippen molar-refractivity contribution in [3.63, 3.8) is 0 Å². The number of nitrogens with zero attached hydrogens (tertiary/aromatic N) is 2. The number of amides is 1. The first-order chi connectivity index (χ1) is 8.90. The van der Waals surface area contributed by atoms with Crippen LogP contribution in [0, 0.1) is 6.92 Å². The summed E-state index contributed by atoms with van der Waals surface area (Å²) < 4.78 is 2.23. The molecule has 1 aromatic carbocycles. The number of aromatic nitrogens is 2. The maximum atomic E-state index is 12.2. The average molecular weight is 344 g/mol. The highest BCUT2D eigenvalue weighted by atomic mass is 79.9. The third kappa shape index (κ3) is 2.74. The summed E-state index contributed by atoms with van der Waals surface area (Å²) >= 11 is 9.26. The average Bonchev–Trinajstić information content (AvgIpc) is 2.58. The minimum absolute atomic E-state index is 0.320. The number of carbonyl (C=O) groups excluding carboxylic acids is 1. The zero-order chi connectivity index (χ0) is 14.2. The van der Waals surface area contributed by atoms with Gasteiger partial charge >= 0.3 is 0 Å². The van der Waals surface area contributed by atoms with Crippen LogP contribution in [0.3, 0.4) is 0 Å². The fourth-order valence-electron chi connectivity index (χ4n) is 1.71. The normalized spacial score (nSPS) is 10.5. The first-order valence-corrected chi connectivity index (χ1v) is 6.62. The van der Waals surface area contributed by atoms with Gasteiger partial charge in [0.2, 0.25) is 0 Å². The molecule has 0 radical (unpaired) electrons. The molecule has 0 aliphatic rings. The minimum Gasteiger partial charge on any atom is -0.395 e. The fourth-order valence-corrected chi connectivity index (χ4v) is 2.14. The van der Waals surface area contributed by atoms with Gasteiger partial charge in [0.05, 0.1) is 16.4 Å². The number of carbonyl (C=O) groups is 1. The number of hydrogen-bond acceptors (Lipinski definition) is 3. The van der Waals surface area contributed by atoms with Crippen molar-refractivity contribution in [2.75, 3.05) is 11.1 Å². The van der Waals surface area contributed by atoms with Crippen LogP contribution in [0.1, 0.15) is 16.2 Å². The standard InChI is InChI=1S/C12H12BrClN4O/c1-6-10(15)11(18(2)17-6)12(19)16-7-3-4-8(13)9(14)5-7/h3-5H,15H2,1-2H3,(H,16,19). The van der Waals surface area contributed by atoms with E-state index in [0.717, 1.165) is 4.47 Å². The second-order valence-corrected chi connectivity index (χ2v) is 5.32. The van der Waals surface area contributed by atoms with E-state index in [1.807, 2.05) is 0 Å². The Hall–Kier alpha value is -1.53. The van der Waals surface area contributed by atoms with Crippen LogP contribution in [0.15, 0.2) is 22.7 Å². The number of rotatable bonds is 2. The smallest absolute Gasteiger partial charge is 0.276 e. The molecule has 1 heterocycles. The van der Waals surface area contributed by atoms with Gasteiger partial charge in [0, 0.05) is 17.2 Å². The summed E-state index contributed by atoms with van der Waals surface area (Å²) in [7, 11) is 1.67. The summed E-state index contributed by atoms with van der Waals surface area (Å²) in [5.74, 6) is -0.320. The van der Waals surface area contributed by atoms with Gasteiger partial charge in [-0.05, 0) is 41.1 Å². The van der Waals surface area contributed by atoms with Gasteiger partial charge in [-0.15, -0.1) is 0 Å². The van der Waals surface area contributed by atoms with Crippen molar-refractivity contribution in [1.29, 1.82) is 0 Å². The highest BCUT2D eigenvalue weighted by Crippen LogP contribution is 2.26. The lowest BCUT2D eigenvalue weighted by Crippen LogP contribution is -2.17. The predicted octanol–water partition coefficient (Wildman–Crippen LogP) is 2.98. The maximum Gasteiger partial charge on any atom is 0.276 e. The lowest BCUT2D eigenvalue weighted by molar-refractivity contribution is 0.101. The van der Waals surface area contributed by atoms with Gasteiger partial charge in [-0.1, -0.05) is 11.6 Å². The third-order valence-electron chi connectivity index (χ3n) is 2.66. The monoisotopic (exact) mass is 342 g/mol. The SMILES string of the molecule is Cc1nn(C)c(C(=O)Nc2ccc(Br)c(Cl)c2)c1N. The zero-order valence-corrected chi connectivity index (χ0v) is 12.7. The van der Waals surface area contributed by atoms with E-state index in [4.69, 9.17) is 17.3 Å². The molecule has 0 atom stereocenters. The number of benzene rings is 1. The number of nitrogens with one attached hydrogen (secondary N) is 1. The van der Waals surface area contributed by atoms with E-state index in [9.17, 15) is 4.79 Å². The first-order valence-electron chi connectivity index (χ1n) is 5.45. The largest absolute Gasteiger partial charge is 0.395 e. The molecule has 7 heteroatoms. The molecule has 1 amide bonds. The van der Waals surface area contributed by atoms with Gasteiger partial charge < -0.3 is 11.1 Å². The van der Waals surface area contributed by atoms with Crippen LogP contribution in [0.4, 0.5) is 11.4 Å². The van der Waals surface area contributed by atoms with Gasteiger partial charge in [0.15, 0.2) is 0 Å². The van der Waals surface area contributed by atoms with E-state index < -0.39 is 0 Å². The van der Waals surface area contributed by atoms with Gasteiger partial charge in [-0.25, -0.2) is 0 Å². The minimum atomic E-state index is -0.320. The molecular weight excluding hydrogens is 332 g/mol.